The Morgan fingerprint density at radius 1 is 1.40 bits per heavy atom. The van der Waals surface area contributed by atoms with Crippen LogP contribution >= 0.6 is 0 Å². The molecule has 2 N–H and O–H groups in total. The third-order valence-corrected chi connectivity index (χ3v) is 2.95. The highest BCUT2D eigenvalue weighted by molar-refractivity contribution is 6.16. The minimum absolute atomic E-state index is 0.00645. The van der Waals surface area contributed by atoms with Crippen LogP contribution in [0.5, 0.6) is 0 Å². The summed E-state index contributed by atoms with van der Waals surface area (Å²) in [7, 11) is 1.52. The number of ether oxygens (including phenoxy) is 1. The Labute approximate surface area is 116 Å². The highest BCUT2D eigenvalue weighted by Crippen LogP contribution is 2.13. The van der Waals surface area contributed by atoms with E-state index in [0.29, 0.717) is 19.6 Å². The summed E-state index contributed by atoms with van der Waals surface area (Å²) in [5.41, 5.74) is 0. The summed E-state index contributed by atoms with van der Waals surface area (Å²) in [4.78, 5) is 47.3. The standard InChI is InChI=1S/C12H19N3O5/c1-3-8-10(17)14-12(19)15(11(8)18)6-4-9(16)13-5-7-20-2/h8H,3-7H2,1-2H3,(H,13,16)(H,14,17,19). The van der Waals surface area contributed by atoms with Crippen LogP contribution in [0.4, 0.5) is 4.79 Å². The van der Waals surface area contributed by atoms with Gasteiger partial charge in [-0.05, 0) is 6.42 Å². The molecule has 8 heteroatoms. The maximum atomic E-state index is 11.9. The number of carbonyl (C=O) groups is 4. The van der Waals surface area contributed by atoms with Crippen molar-refractivity contribution in [2.45, 2.75) is 19.8 Å². The average Bonchev–Trinajstić information content (AvgIpc) is 2.38. The molecule has 1 saturated heterocycles. The molecule has 1 aliphatic rings. The van der Waals surface area contributed by atoms with Gasteiger partial charge in [-0.3, -0.25) is 24.6 Å². The van der Waals surface area contributed by atoms with E-state index in [2.05, 4.69) is 10.6 Å². The molecule has 0 aromatic carbocycles. The predicted octanol–water partition coefficient (Wildman–Crippen LogP) is -0.756. The lowest BCUT2D eigenvalue weighted by molar-refractivity contribution is -0.142. The van der Waals surface area contributed by atoms with Crippen LogP contribution in [0.2, 0.25) is 0 Å². The van der Waals surface area contributed by atoms with Crippen LogP contribution in [0.15, 0.2) is 0 Å². The van der Waals surface area contributed by atoms with E-state index in [9.17, 15) is 19.2 Å². The Morgan fingerprint density at radius 2 is 2.10 bits per heavy atom. The van der Waals surface area contributed by atoms with E-state index in [0.717, 1.165) is 4.90 Å². The number of carbonyl (C=O) groups excluding carboxylic acids is 4. The first kappa shape index (κ1) is 16.1. The number of amides is 5. The van der Waals surface area contributed by atoms with Gasteiger partial charge < -0.3 is 10.1 Å². The van der Waals surface area contributed by atoms with E-state index >= 15 is 0 Å². The monoisotopic (exact) mass is 285 g/mol. The van der Waals surface area contributed by atoms with Gasteiger partial charge >= 0.3 is 6.03 Å². The van der Waals surface area contributed by atoms with Crippen LogP contribution in [0.1, 0.15) is 19.8 Å². The summed E-state index contributed by atoms with van der Waals surface area (Å²) in [5.74, 6) is -2.27. The van der Waals surface area contributed by atoms with E-state index in [-0.39, 0.29) is 18.9 Å². The molecular formula is C12H19N3O5. The zero-order valence-electron chi connectivity index (χ0n) is 11.6. The zero-order chi connectivity index (χ0) is 15.1. The van der Waals surface area contributed by atoms with Crippen LogP contribution in [-0.4, -0.2) is 55.5 Å². The Balaban J connectivity index is 2.49. The van der Waals surface area contributed by atoms with Crippen molar-refractivity contribution >= 4 is 23.8 Å². The van der Waals surface area contributed by atoms with Crippen LogP contribution in [0.3, 0.4) is 0 Å². The Hall–Kier alpha value is -1.96. The molecule has 1 atom stereocenters. The summed E-state index contributed by atoms with van der Waals surface area (Å²) in [5, 5.41) is 4.70. The van der Waals surface area contributed by atoms with Crippen LogP contribution in [0.25, 0.3) is 0 Å². The molecule has 0 aromatic heterocycles. The van der Waals surface area contributed by atoms with Crippen molar-refractivity contribution in [3.8, 4) is 0 Å². The number of rotatable bonds is 7. The second-order valence-electron chi connectivity index (χ2n) is 4.34. The summed E-state index contributed by atoms with van der Waals surface area (Å²) in [6.45, 7) is 2.40. The zero-order valence-corrected chi connectivity index (χ0v) is 11.6. The lowest BCUT2D eigenvalue weighted by Gasteiger charge is -2.29. The van der Waals surface area contributed by atoms with E-state index in [1.165, 1.54) is 7.11 Å². The van der Waals surface area contributed by atoms with Crippen molar-refractivity contribution < 1.29 is 23.9 Å². The minimum atomic E-state index is -0.857. The topological polar surface area (TPSA) is 105 Å². The maximum Gasteiger partial charge on any atom is 0.330 e. The lowest BCUT2D eigenvalue weighted by Crippen LogP contribution is -2.58. The van der Waals surface area contributed by atoms with Gasteiger partial charge in [0.1, 0.15) is 5.92 Å². The van der Waals surface area contributed by atoms with Crippen molar-refractivity contribution in [3.05, 3.63) is 0 Å². The lowest BCUT2D eigenvalue weighted by atomic mass is 10.0. The van der Waals surface area contributed by atoms with Crippen molar-refractivity contribution in [1.82, 2.24) is 15.5 Å². The van der Waals surface area contributed by atoms with Gasteiger partial charge in [0.25, 0.3) is 0 Å². The number of nitrogens with one attached hydrogen (secondary N) is 2. The largest absolute Gasteiger partial charge is 0.383 e. The van der Waals surface area contributed by atoms with E-state index in [1.807, 2.05) is 0 Å². The van der Waals surface area contributed by atoms with E-state index in [1.54, 1.807) is 6.92 Å². The van der Waals surface area contributed by atoms with Crippen LogP contribution < -0.4 is 10.6 Å². The van der Waals surface area contributed by atoms with Gasteiger partial charge in [-0.15, -0.1) is 0 Å². The molecule has 1 rings (SSSR count). The molecule has 0 aromatic rings. The van der Waals surface area contributed by atoms with Gasteiger partial charge in [0, 0.05) is 26.6 Å². The fraction of sp³-hybridized carbons (Fsp3) is 0.667. The van der Waals surface area contributed by atoms with Crippen LogP contribution in [-0.2, 0) is 19.1 Å². The number of hydrogen-bond acceptors (Lipinski definition) is 5. The number of imide groups is 2. The highest BCUT2D eigenvalue weighted by atomic mass is 16.5. The molecule has 1 fully saturated rings. The summed E-state index contributed by atoms with van der Waals surface area (Å²) < 4.78 is 4.78. The van der Waals surface area contributed by atoms with Crippen LogP contribution in [0, 0.1) is 5.92 Å². The molecule has 0 aliphatic carbocycles. The molecule has 112 valence electrons. The van der Waals surface area contributed by atoms with Gasteiger partial charge in [0.15, 0.2) is 0 Å². The molecule has 0 spiro atoms. The summed E-state index contributed by atoms with van der Waals surface area (Å²) >= 11 is 0. The van der Waals surface area contributed by atoms with Gasteiger partial charge in [0.2, 0.25) is 17.7 Å². The SMILES string of the molecule is CCC1C(=O)NC(=O)N(CCC(=O)NCCOC)C1=O. The second kappa shape index (κ2) is 7.59. The number of barbiturate groups is 1. The van der Waals surface area contributed by atoms with Crippen molar-refractivity contribution in [3.63, 3.8) is 0 Å². The predicted molar refractivity (Wildman–Crippen MR) is 68.5 cm³/mol. The molecule has 8 nitrogen and oxygen atoms in total. The normalized spacial score (nSPS) is 19.0. The fourth-order valence-electron chi connectivity index (χ4n) is 1.83. The van der Waals surface area contributed by atoms with Crippen molar-refractivity contribution in [2.75, 3.05) is 26.8 Å². The maximum absolute atomic E-state index is 11.9. The van der Waals surface area contributed by atoms with Gasteiger partial charge in [0.05, 0.1) is 6.61 Å². The molecule has 0 radical (unpaired) electrons. The quantitative estimate of drug-likeness (QED) is 0.473. The summed E-state index contributed by atoms with van der Waals surface area (Å²) in [6, 6.07) is -0.769. The minimum Gasteiger partial charge on any atom is -0.383 e. The first-order valence-electron chi connectivity index (χ1n) is 6.43. The first-order chi connectivity index (χ1) is 9.51. The first-order valence-corrected chi connectivity index (χ1v) is 6.43. The number of methoxy groups -OCH3 is 1. The van der Waals surface area contributed by atoms with Gasteiger partial charge in [-0.2, -0.15) is 0 Å². The molecule has 5 amide bonds. The second-order valence-corrected chi connectivity index (χ2v) is 4.34. The molecular weight excluding hydrogens is 266 g/mol. The van der Waals surface area contributed by atoms with Gasteiger partial charge in [-0.1, -0.05) is 6.92 Å². The third-order valence-electron chi connectivity index (χ3n) is 2.95. The number of nitrogens with zero attached hydrogens (tertiary/aromatic N) is 1. The molecule has 20 heavy (non-hydrogen) atoms. The van der Waals surface area contributed by atoms with Gasteiger partial charge in [-0.25, -0.2) is 4.79 Å². The Kier molecular flexibility index (Phi) is 6.10. The van der Waals surface area contributed by atoms with E-state index in [4.69, 9.17) is 4.74 Å². The molecule has 1 aliphatic heterocycles. The smallest absolute Gasteiger partial charge is 0.330 e. The molecule has 0 saturated carbocycles. The molecule has 0 bridgehead atoms. The Bertz CT molecular complexity index is 410. The van der Waals surface area contributed by atoms with E-state index < -0.39 is 23.8 Å². The van der Waals surface area contributed by atoms with Crippen molar-refractivity contribution in [2.24, 2.45) is 5.92 Å². The van der Waals surface area contributed by atoms with Crippen molar-refractivity contribution in [1.29, 1.82) is 0 Å². The average molecular weight is 285 g/mol. The molecule has 1 heterocycles. The Morgan fingerprint density at radius 3 is 2.70 bits per heavy atom. The number of hydrogen-bond donors (Lipinski definition) is 2. The summed E-state index contributed by atoms with van der Waals surface area (Å²) in [6.07, 6.45) is 0.308. The highest BCUT2D eigenvalue weighted by Gasteiger charge is 2.38. The fourth-order valence-corrected chi connectivity index (χ4v) is 1.83. The molecule has 1 unspecified atom stereocenters. The third kappa shape index (κ3) is 4.02. The number of urea groups is 1.